The largest absolute Gasteiger partial charge is 0.455 e. The molecule has 11 nitrogen and oxygen atoms in total. The molecule has 1 aliphatic rings. The van der Waals surface area contributed by atoms with Crippen molar-refractivity contribution in [2.45, 2.75) is 33.1 Å². The predicted molar refractivity (Wildman–Crippen MR) is 130 cm³/mol. The first-order valence-electron chi connectivity index (χ1n) is 10.6. The SMILES string of the molecule is Cc1ccc(NC(=O)c2oc3c(c2C)/C(=N/Nc2ccc([N+](=O)[O-])cc2[N+](=O)[O-])CCC3)cc1Cl. The number of amides is 1. The second-order valence-electron chi connectivity index (χ2n) is 8.01. The number of carbonyl (C=O) groups excluding carboxylic acids is 1. The summed E-state index contributed by atoms with van der Waals surface area (Å²) in [5.41, 5.74) is 5.04. The molecule has 0 atom stereocenters. The molecule has 0 saturated carbocycles. The number of anilines is 2. The van der Waals surface area contributed by atoms with Crippen molar-refractivity contribution in [1.29, 1.82) is 0 Å². The van der Waals surface area contributed by atoms with Gasteiger partial charge in [0.25, 0.3) is 11.6 Å². The third kappa shape index (κ3) is 4.85. The average molecular weight is 498 g/mol. The molecule has 0 fully saturated rings. The maximum Gasteiger partial charge on any atom is 0.301 e. The fourth-order valence-electron chi connectivity index (χ4n) is 3.86. The van der Waals surface area contributed by atoms with E-state index >= 15 is 0 Å². The molecule has 1 aromatic heterocycles. The van der Waals surface area contributed by atoms with Gasteiger partial charge in [-0.3, -0.25) is 30.4 Å². The van der Waals surface area contributed by atoms with Crippen LogP contribution in [0.3, 0.4) is 0 Å². The van der Waals surface area contributed by atoms with Gasteiger partial charge >= 0.3 is 5.69 Å². The van der Waals surface area contributed by atoms with Gasteiger partial charge in [-0.25, -0.2) is 0 Å². The number of non-ortho nitro benzene ring substituents is 1. The minimum Gasteiger partial charge on any atom is -0.455 e. The first-order valence-corrected chi connectivity index (χ1v) is 11.0. The standard InChI is InChI=1S/C23H20ClN5O6/c1-12-6-7-14(10-16(12)24)25-23(30)22-13(2)21-18(4-3-5-20(21)35-22)27-26-17-9-8-15(28(31)32)11-19(17)29(33)34/h6-11,26H,3-5H2,1-2H3,(H,25,30)/b27-18+. The molecule has 1 heterocycles. The maximum absolute atomic E-state index is 12.9. The number of benzene rings is 2. The molecule has 3 aromatic rings. The highest BCUT2D eigenvalue weighted by Crippen LogP contribution is 2.32. The van der Waals surface area contributed by atoms with E-state index in [0.29, 0.717) is 52.6 Å². The van der Waals surface area contributed by atoms with E-state index in [4.69, 9.17) is 16.0 Å². The summed E-state index contributed by atoms with van der Waals surface area (Å²) in [6.07, 6.45) is 1.86. The van der Waals surface area contributed by atoms with Crippen molar-refractivity contribution in [2.24, 2.45) is 5.10 Å². The van der Waals surface area contributed by atoms with Crippen LogP contribution in [0.2, 0.25) is 5.02 Å². The Kier molecular flexibility index (Phi) is 6.52. The highest BCUT2D eigenvalue weighted by Gasteiger charge is 2.28. The quantitative estimate of drug-likeness (QED) is 0.323. The first kappa shape index (κ1) is 23.9. The average Bonchev–Trinajstić information content (AvgIpc) is 3.17. The van der Waals surface area contributed by atoms with Gasteiger partial charge < -0.3 is 9.73 Å². The molecule has 1 aliphatic carbocycles. The Morgan fingerprint density at radius 1 is 1.09 bits per heavy atom. The second kappa shape index (κ2) is 9.55. The lowest BCUT2D eigenvalue weighted by molar-refractivity contribution is -0.393. The van der Waals surface area contributed by atoms with Crippen LogP contribution in [-0.4, -0.2) is 21.5 Å². The molecule has 4 rings (SSSR count). The molecular weight excluding hydrogens is 478 g/mol. The minimum absolute atomic E-state index is 0.00980. The van der Waals surface area contributed by atoms with Crippen molar-refractivity contribution >= 4 is 46.0 Å². The van der Waals surface area contributed by atoms with E-state index in [2.05, 4.69) is 15.8 Å². The van der Waals surface area contributed by atoms with Crippen molar-refractivity contribution in [1.82, 2.24) is 0 Å². The van der Waals surface area contributed by atoms with Crippen LogP contribution in [0, 0.1) is 34.1 Å². The van der Waals surface area contributed by atoms with Gasteiger partial charge in [-0.05, 0) is 50.5 Å². The Balaban J connectivity index is 1.62. The zero-order valence-electron chi connectivity index (χ0n) is 18.8. The van der Waals surface area contributed by atoms with Gasteiger partial charge in [0.1, 0.15) is 11.4 Å². The fraction of sp³-hybridized carbons (Fsp3) is 0.217. The number of nitro groups is 2. The lowest BCUT2D eigenvalue weighted by Gasteiger charge is -2.13. The van der Waals surface area contributed by atoms with Crippen LogP contribution in [0.4, 0.5) is 22.7 Å². The van der Waals surface area contributed by atoms with Crippen molar-refractivity contribution in [3.63, 3.8) is 0 Å². The highest BCUT2D eigenvalue weighted by atomic mass is 35.5. The van der Waals surface area contributed by atoms with Crippen LogP contribution < -0.4 is 10.7 Å². The fourth-order valence-corrected chi connectivity index (χ4v) is 4.04. The van der Waals surface area contributed by atoms with Crippen molar-refractivity contribution < 1.29 is 19.1 Å². The van der Waals surface area contributed by atoms with E-state index in [1.807, 2.05) is 6.92 Å². The number of nitrogens with one attached hydrogen (secondary N) is 2. The number of furan rings is 1. The summed E-state index contributed by atoms with van der Waals surface area (Å²) in [6, 6.07) is 8.46. The molecule has 12 heteroatoms. The molecule has 35 heavy (non-hydrogen) atoms. The summed E-state index contributed by atoms with van der Waals surface area (Å²) >= 11 is 6.14. The van der Waals surface area contributed by atoms with Crippen LogP contribution in [0.15, 0.2) is 45.9 Å². The summed E-state index contributed by atoms with van der Waals surface area (Å²) in [4.78, 5) is 33.8. The van der Waals surface area contributed by atoms with Gasteiger partial charge in [-0.1, -0.05) is 17.7 Å². The van der Waals surface area contributed by atoms with Gasteiger partial charge in [0.2, 0.25) is 0 Å². The molecular formula is C23H20ClN5O6. The monoisotopic (exact) mass is 497 g/mol. The third-order valence-electron chi connectivity index (χ3n) is 5.66. The molecule has 0 radical (unpaired) electrons. The number of hydrogen-bond donors (Lipinski definition) is 2. The lowest BCUT2D eigenvalue weighted by atomic mass is 9.93. The number of aryl methyl sites for hydroxylation is 2. The van der Waals surface area contributed by atoms with Gasteiger partial charge in [0, 0.05) is 34.3 Å². The van der Waals surface area contributed by atoms with Crippen LogP contribution in [-0.2, 0) is 6.42 Å². The van der Waals surface area contributed by atoms with E-state index in [1.165, 1.54) is 6.07 Å². The second-order valence-corrected chi connectivity index (χ2v) is 8.42. The molecule has 180 valence electrons. The smallest absolute Gasteiger partial charge is 0.301 e. The van der Waals surface area contributed by atoms with Gasteiger partial charge in [0.15, 0.2) is 5.76 Å². The Hall–Kier alpha value is -4.25. The number of hydrazone groups is 1. The number of nitro benzene ring substituents is 2. The topological polar surface area (TPSA) is 153 Å². The Morgan fingerprint density at radius 3 is 2.54 bits per heavy atom. The molecule has 1 amide bonds. The summed E-state index contributed by atoms with van der Waals surface area (Å²) in [6.45, 7) is 3.60. The lowest BCUT2D eigenvalue weighted by Crippen LogP contribution is -2.14. The van der Waals surface area contributed by atoms with E-state index in [0.717, 1.165) is 17.7 Å². The van der Waals surface area contributed by atoms with Crippen LogP contribution >= 0.6 is 11.6 Å². The van der Waals surface area contributed by atoms with Crippen LogP contribution in [0.1, 0.15) is 45.8 Å². The van der Waals surface area contributed by atoms with Gasteiger partial charge in [0.05, 0.1) is 21.6 Å². The Bertz CT molecular complexity index is 1400. The zero-order chi connectivity index (χ0) is 25.3. The van der Waals surface area contributed by atoms with Crippen LogP contribution in [0.25, 0.3) is 0 Å². The van der Waals surface area contributed by atoms with Gasteiger partial charge in [-0.15, -0.1) is 0 Å². The Labute approximate surface area is 204 Å². The van der Waals surface area contributed by atoms with Gasteiger partial charge in [-0.2, -0.15) is 5.10 Å². The molecule has 2 aromatic carbocycles. The number of halogens is 1. The highest BCUT2D eigenvalue weighted by molar-refractivity contribution is 6.31. The summed E-state index contributed by atoms with van der Waals surface area (Å²) in [5, 5.41) is 30.0. The molecule has 0 saturated heterocycles. The third-order valence-corrected chi connectivity index (χ3v) is 6.07. The van der Waals surface area contributed by atoms with Crippen LogP contribution in [0.5, 0.6) is 0 Å². The predicted octanol–water partition coefficient (Wildman–Crippen LogP) is 5.77. The number of hydrogen-bond acceptors (Lipinski definition) is 8. The minimum atomic E-state index is -0.718. The van der Waals surface area contributed by atoms with Crippen molar-refractivity contribution in [3.05, 3.63) is 89.9 Å². The van der Waals surface area contributed by atoms with E-state index < -0.39 is 27.1 Å². The van der Waals surface area contributed by atoms with E-state index in [9.17, 15) is 25.0 Å². The molecule has 0 aliphatic heterocycles. The molecule has 0 bridgehead atoms. The normalized spacial score (nSPS) is 13.9. The summed E-state index contributed by atoms with van der Waals surface area (Å²) in [5.74, 6) is 0.303. The summed E-state index contributed by atoms with van der Waals surface area (Å²) in [7, 11) is 0. The molecule has 0 unspecified atom stereocenters. The summed E-state index contributed by atoms with van der Waals surface area (Å²) < 4.78 is 5.87. The maximum atomic E-state index is 12.9. The zero-order valence-corrected chi connectivity index (χ0v) is 19.5. The van der Waals surface area contributed by atoms with Crippen molar-refractivity contribution in [2.75, 3.05) is 10.7 Å². The van der Waals surface area contributed by atoms with Crippen molar-refractivity contribution in [3.8, 4) is 0 Å². The first-order chi connectivity index (χ1) is 16.7. The number of nitrogens with zero attached hydrogens (tertiary/aromatic N) is 3. The van der Waals surface area contributed by atoms with E-state index in [-0.39, 0.29) is 11.4 Å². The number of fused-ring (bicyclic) bond motifs is 1. The number of rotatable bonds is 6. The van der Waals surface area contributed by atoms with E-state index in [1.54, 1.807) is 25.1 Å². The molecule has 2 N–H and O–H groups in total. The molecule has 0 spiro atoms. The number of carbonyl (C=O) groups is 1. The Morgan fingerprint density at radius 2 is 1.86 bits per heavy atom.